The van der Waals surface area contributed by atoms with Crippen LogP contribution in [0.25, 0.3) is 33.6 Å². The molecule has 4 heterocycles. The van der Waals surface area contributed by atoms with Crippen molar-refractivity contribution in [2.24, 2.45) is 5.73 Å². The zero-order chi connectivity index (χ0) is 40.3. The van der Waals surface area contributed by atoms with Crippen molar-refractivity contribution in [1.29, 1.82) is 0 Å². The average molecular weight is 797 g/mol. The van der Waals surface area contributed by atoms with E-state index in [-0.39, 0.29) is 23.9 Å². The van der Waals surface area contributed by atoms with E-state index in [2.05, 4.69) is 51.4 Å². The summed E-state index contributed by atoms with van der Waals surface area (Å²) in [6, 6.07) is 32.1. The quantitative estimate of drug-likeness (QED) is 0.119. The SMILES string of the molecule is CN(C)C(C(=O)N1CCC[C@H]1c1ncc(-c2ccc(-c3ccc(-c4cnc([C@@H]5CCCN5C(=O)[C@H](OC(N)=O)c5ccccc5)[nH]4)cc3)cc2)[nH]1)c1ccc(Cl)cc1. The van der Waals surface area contributed by atoms with Crippen LogP contribution in [0.2, 0.25) is 5.02 Å². The molecule has 3 amide bonds. The number of nitrogens with zero attached hydrogens (tertiary/aromatic N) is 5. The Kier molecular flexibility index (Phi) is 11.1. The summed E-state index contributed by atoms with van der Waals surface area (Å²) in [4.78, 5) is 61.4. The van der Waals surface area contributed by atoms with Crippen molar-refractivity contribution in [2.45, 2.75) is 49.9 Å². The Morgan fingerprint density at radius 1 is 0.690 bits per heavy atom. The molecule has 2 fully saturated rings. The van der Waals surface area contributed by atoms with Gasteiger partial charge in [-0.15, -0.1) is 0 Å². The van der Waals surface area contributed by atoms with E-state index >= 15 is 0 Å². The van der Waals surface area contributed by atoms with Crippen LogP contribution in [0.3, 0.4) is 0 Å². The van der Waals surface area contributed by atoms with Crippen LogP contribution in [0.4, 0.5) is 4.79 Å². The summed E-state index contributed by atoms with van der Waals surface area (Å²) in [6.07, 6.45) is 4.78. The van der Waals surface area contributed by atoms with Gasteiger partial charge in [0, 0.05) is 23.7 Å². The molecule has 1 unspecified atom stereocenters. The molecule has 0 radical (unpaired) electrons. The summed E-state index contributed by atoms with van der Waals surface area (Å²) < 4.78 is 5.30. The summed E-state index contributed by atoms with van der Waals surface area (Å²) >= 11 is 6.14. The molecule has 4 atom stereocenters. The Labute approximate surface area is 342 Å². The minimum Gasteiger partial charge on any atom is -0.431 e. The fourth-order valence-electron chi connectivity index (χ4n) is 8.24. The molecule has 6 aromatic rings. The Bertz CT molecular complexity index is 2380. The molecule has 12 nitrogen and oxygen atoms in total. The molecule has 296 valence electrons. The Morgan fingerprint density at radius 3 is 1.66 bits per heavy atom. The number of hydrogen-bond donors (Lipinski definition) is 3. The highest BCUT2D eigenvalue weighted by Gasteiger charge is 2.39. The van der Waals surface area contributed by atoms with Crippen molar-refractivity contribution in [1.82, 2.24) is 34.6 Å². The second kappa shape index (κ2) is 16.7. The van der Waals surface area contributed by atoms with E-state index in [1.165, 1.54) is 0 Å². The number of carbonyl (C=O) groups is 3. The zero-order valence-corrected chi connectivity index (χ0v) is 33.1. The molecule has 0 bridgehead atoms. The molecule has 2 aromatic heterocycles. The van der Waals surface area contributed by atoms with Gasteiger partial charge in [-0.25, -0.2) is 14.8 Å². The number of likely N-dealkylation sites (tertiary alicyclic amines) is 2. The number of aromatic nitrogens is 4. The van der Waals surface area contributed by atoms with E-state index in [1.807, 2.05) is 72.6 Å². The van der Waals surface area contributed by atoms with Crippen LogP contribution in [0.15, 0.2) is 116 Å². The van der Waals surface area contributed by atoms with Gasteiger partial charge in [0.25, 0.3) is 5.91 Å². The van der Waals surface area contributed by atoms with Crippen LogP contribution in [-0.4, -0.2) is 79.7 Å². The van der Waals surface area contributed by atoms with E-state index in [0.29, 0.717) is 29.5 Å². The number of benzene rings is 4. The summed E-state index contributed by atoms with van der Waals surface area (Å²) in [6.45, 7) is 1.20. The maximum absolute atomic E-state index is 14.0. The molecule has 8 rings (SSSR count). The molecule has 58 heavy (non-hydrogen) atoms. The number of ether oxygens (including phenoxy) is 1. The third kappa shape index (κ3) is 7.98. The number of nitrogens with two attached hydrogens (primary N) is 1. The largest absolute Gasteiger partial charge is 0.431 e. The number of imidazole rings is 2. The number of carbonyl (C=O) groups excluding carboxylic acids is 3. The van der Waals surface area contributed by atoms with Crippen molar-refractivity contribution >= 4 is 29.5 Å². The molecule has 0 aliphatic carbocycles. The number of H-pyrrole nitrogens is 2. The highest BCUT2D eigenvalue weighted by atomic mass is 35.5. The normalized spacial score (nSPS) is 17.7. The third-order valence-corrected chi connectivity index (χ3v) is 11.4. The summed E-state index contributed by atoms with van der Waals surface area (Å²) in [5.74, 6) is 1.19. The first-order valence-corrected chi connectivity index (χ1v) is 19.9. The van der Waals surface area contributed by atoms with Gasteiger partial charge in [0.2, 0.25) is 12.0 Å². The lowest BCUT2D eigenvalue weighted by Crippen LogP contribution is -2.40. The second-order valence-electron chi connectivity index (χ2n) is 15.0. The fraction of sp³-hybridized carbons (Fsp3) is 0.267. The van der Waals surface area contributed by atoms with E-state index in [1.54, 1.807) is 35.4 Å². The number of halogens is 1. The van der Waals surface area contributed by atoms with Gasteiger partial charge in [-0.1, -0.05) is 103 Å². The van der Waals surface area contributed by atoms with Crippen LogP contribution in [0.1, 0.15) is 72.7 Å². The maximum atomic E-state index is 14.0. The molecule has 2 aliphatic rings. The molecule has 2 saturated heterocycles. The number of likely N-dealkylation sites (N-methyl/N-ethyl adjacent to an activating group) is 1. The molecule has 0 saturated carbocycles. The van der Waals surface area contributed by atoms with E-state index in [9.17, 15) is 14.4 Å². The molecular weight excluding hydrogens is 752 g/mol. The van der Waals surface area contributed by atoms with Crippen LogP contribution in [0, 0.1) is 0 Å². The minimum atomic E-state index is -1.13. The summed E-state index contributed by atoms with van der Waals surface area (Å²) in [7, 11) is 3.85. The third-order valence-electron chi connectivity index (χ3n) is 11.1. The predicted octanol–water partition coefficient (Wildman–Crippen LogP) is 8.25. The number of aromatic amines is 2. The van der Waals surface area contributed by atoms with Crippen molar-refractivity contribution in [2.75, 3.05) is 27.2 Å². The first kappa shape index (κ1) is 38.6. The summed E-state index contributed by atoms with van der Waals surface area (Å²) in [5.41, 5.74) is 12.6. The van der Waals surface area contributed by atoms with Gasteiger partial charge >= 0.3 is 6.09 Å². The van der Waals surface area contributed by atoms with Crippen molar-refractivity contribution in [3.8, 4) is 33.6 Å². The van der Waals surface area contributed by atoms with E-state index < -0.39 is 18.2 Å². The molecular formula is C45H45ClN8O4. The number of nitrogens with one attached hydrogen (secondary N) is 2. The van der Waals surface area contributed by atoms with Gasteiger partial charge in [-0.05, 0) is 79.7 Å². The number of primary amides is 1. The lowest BCUT2D eigenvalue weighted by atomic mass is 10.0. The minimum absolute atomic E-state index is 0.0505. The second-order valence-corrected chi connectivity index (χ2v) is 15.5. The maximum Gasteiger partial charge on any atom is 0.405 e. The van der Waals surface area contributed by atoms with Crippen LogP contribution < -0.4 is 5.73 Å². The van der Waals surface area contributed by atoms with Crippen molar-refractivity contribution in [3.05, 3.63) is 143 Å². The topological polar surface area (TPSA) is 154 Å². The standard InChI is InChI=1S/C45H45ClN8O4/c1-52(2)39(32-20-22-34(46)23-21-32)43(55)53-24-6-10-37(53)41-48-26-35(50-41)30-16-12-28(13-17-30)29-14-18-31(19-15-29)36-27-49-42(51-36)38-11-7-25-54(38)44(56)40(58-45(47)57)33-8-4-3-5-9-33/h3-5,8-9,12-23,26-27,37-40H,6-7,10-11,24-25H2,1-2H3,(H2,47,57)(H,48,50)(H,49,51)/t37-,38-,39?,40+/m0/s1. The van der Waals surface area contributed by atoms with E-state index in [0.717, 1.165) is 70.7 Å². The highest BCUT2D eigenvalue weighted by Crippen LogP contribution is 2.37. The predicted molar refractivity (Wildman–Crippen MR) is 222 cm³/mol. The van der Waals surface area contributed by atoms with Gasteiger partial charge in [-0.3, -0.25) is 14.5 Å². The lowest BCUT2D eigenvalue weighted by Gasteiger charge is -2.31. The van der Waals surface area contributed by atoms with E-state index in [4.69, 9.17) is 27.1 Å². The fourth-order valence-corrected chi connectivity index (χ4v) is 8.36. The molecule has 0 spiro atoms. The van der Waals surface area contributed by atoms with Gasteiger partial charge < -0.3 is 30.2 Å². The van der Waals surface area contributed by atoms with Crippen LogP contribution >= 0.6 is 11.6 Å². The molecule has 4 N–H and O–H groups in total. The highest BCUT2D eigenvalue weighted by molar-refractivity contribution is 6.30. The van der Waals surface area contributed by atoms with Crippen LogP contribution in [0.5, 0.6) is 0 Å². The number of amides is 3. The van der Waals surface area contributed by atoms with Gasteiger partial charge in [0.1, 0.15) is 17.7 Å². The van der Waals surface area contributed by atoms with Gasteiger partial charge in [0.05, 0.1) is 35.9 Å². The lowest BCUT2D eigenvalue weighted by molar-refractivity contribution is -0.141. The number of rotatable bonds is 11. The summed E-state index contributed by atoms with van der Waals surface area (Å²) in [5, 5.41) is 0.640. The van der Waals surface area contributed by atoms with Crippen molar-refractivity contribution in [3.63, 3.8) is 0 Å². The average Bonchev–Trinajstić information content (AvgIpc) is 4.08. The molecule has 2 aliphatic heterocycles. The van der Waals surface area contributed by atoms with Crippen LogP contribution in [-0.2, 0) is 14.3 Å². The Morgan fingerprint density at radius 2 is 1.17 bits per heavy atom. The van der Waals surface area contributed by atoms with Gasteiger partial charge in [-0.2, -0.15) is 0 Å². The van der Waals surface area contributed by atoms with Crippen molar-refractivity contribution < 1.29 is 19.1 Å². The molecule has 13 heteroatoms. The zero-order valence-electron chi connectivity index (χ0n) is 32.3. The Hall–Kier alpha value is -6.24. The first-order chi connectivity index (χ1) is 28.1. The smallest absolute Gasteiger partial charge is 0.405 e. The molecule has 4 aromatic carbocycles. The number of hydrogen-bond acceptors (Lipinski definition) is 7. The van der Waals surface area contributed by atoms with Gasteiger partial charge in [0.15, 0.2) is 0 Å². The monoisotopic (exact) mass is 796 g/mol. The Balaban J connectivity index is 0.928. The first-order valence-electron chi connectivity index (χ1n) is 19.5.